The number of anilines is 2. The van der Waals surface area contributed by atoms with Crippen LogP contribution in [0.3, 0.4) is 0 Å². The van der Waals surface area contributed by atoms with Gasteiger partial charge in [-0.2, -0.15) is 18.3 Å². The largest absolute Gasteiger partial charge is 0.435 e. The van der Waals surface area contributed by atoms with Gasteiger partial charge in [-0.3, -0.25) is 0 Å². The molecule has 0 spiro atoms. The van der Waals surface area contributed by atoms with E-state index in [1.165, 1.54) is 24.3 Å². The molecule has 158 valence electrons. The number of hydrogen-bond acceptors (Lipinski definition) is 2. The monoisotopic (exact) mass is 445 g/mol. The van der Waals surface area contributed by atoms with Crippen LogP contribution in [-0.2, 0) is 6.18 Å². The summed E-state index contributed by atoms with van der Waals surface area (Å²) in [6.45, 7) is 0. The van der Waals surface area contributed by atoms with Crippen molar-refractivity contribution < 1.29 is 18.0 Å². The average molecular weight is 446 g/mol. The van der Waals surface area contributed by atoms with Crippen LogP contribution < -0.4 is 10.6 Å². The second-order valence-corrected chi connectivity index (χ2v) is 6.92. The van der Waals surface area contributed by atoms with E-state index in [2.05, 4.69) is 15.7 Å². The summed E-state index contributed by atoms with van der Waals surface area (Å²) in [4.78, 5) is 12.5. The standard InChI is InChI=1S/C21H15ClF3N5O/c22-14-7-9-15(10-8-14)30-19(21(23,24)25)17(13-26-30)28-20(31)27-16-5-1-2-6-18(16)29-11-3-4-12-29/h1-13H,(H2,27,28,31). The Morgan fingerprint density at radius 3 is 2.23 bits per heavy atom. The Labute approximate surface area is 179 Å². The lowest BCUT2D eigenvalue weighted by atomic mass is 10.2. The molecule has 0 aliphatic heterocycles. The van der Waals surface area contributed by atoms with Crippen molar-refractivity contribution in [2.45, 2.75) is 6.18 Å². The number of para-hydroxylation sites is 2. The number of aromatic nitrogens is 3. The Balaban J connectivity index is 1.62. The Bertz CT molecular complexity index is 1200. The summed E-state index contributed by atoms with van der Waals surface area (Å²) in [6.07, 6.45) is -0.233. The zero-order chi connectivity index (χ0) is 22.0. The van der Waals surface area contributed by atoms with Crippen LogP contribution in [-0.4, -0.2) is 20.4 Å². The summed E-state index contributed by atoms with van der Waals surface area (Å²) < 4.78 is 43.8. The van der Waals surface area contributed by atoms with Crippen molar-refractivity contribution in [2.75, 3.05) is 10.6 Å². The molecule has 0 aliphatic rings. The third-order valence-corrected chi connectivity index (χ3v) is 4.64. The first kappa shape index (κ1) is 20.5. The predicted molar refractivity (Wildman–Crippen MR) is 112 cm³/mol. The lowest BCUT2D eigenvalue weighted by Gasteiger charge is -2.15. The number of hydrogen-bond donors (Lipinski definition) is 2. The van der Waals surface area contributed by atoms with Crippen molar-refractivity contribution in [3.05, 3.63) is 90.0 Å². The van der Waals surface area contributed by atoms with Crippen LogP contribution in [0.1, 0.15) is 5.69 Å². The molecule has 4 rings (SSSR count). The molecule has 0 saturated heterocycles. The SMILES string of the molecule is O=C(Nc1ccccc1-n1cccc1)Nc1cnn(-c2ccc(Cl)cc2)c1C(F)(F)F. The van der Waals surface area contributed by atoms with Crippen LogP contribution in [0.5, 0.6) is 0 Å². The molecular weight excluding hydrogens is 431 g/mol. The van der Waals surface area contributed by atoms with Crippen LogP contribution >= 0.6 is 11.6 Å². The summed E-state index contributed by atoms with van der Waals surface area (Å²) in [5.41, 5.74) is -0.337. The van der Waals surface area contributed by atoms with Crippen molar-refractivity contribution in [3.63, 3.8) is 0 Å². The third-order valence-electron chi connectivity index (χ3n) is 4.39. The number of carbonyl (C=O) groups is 1. The number of nitrogens with zero attached hydrogens (tertiary/aromatic N) is 3. The van der Waals surface area contributed by atoms with Crippen molar-refractivity contribution in [1.82, 2.24) is 14.3 Å². The summed E-state index contributed by atoms with van der Waals surface area (Å²) in [5.74, 6) is 0. The maximum Gasteiger partial charge on any atom is 0.435 e. The molecule has 2 aromatic carbocycles. The smallest absolute Gasteiger partial charge is 0.322 e. The van der Waals surface area contributed by atoms with E-state index in [0.29, 0.717) is 21.1 Å². The lowest BCUT2D eigenvalue weighted by Crippen LogP contribution is -2.23. The highest BCUT2D eigenvalue weighted by molar-refractivity contribution is 6.30. The fourth-order valence-corrected chi connectivity index (χ4v) is 3.19. The van der Waals surface area contributed by atoms with E-state index in [1.807, 2.05) is 12.1 Å². The van der Waals surface area contributed by atoms with Crippen LogP contribution in [0.2, 0.25) is 5.02 Å². The van der Waals surface area contributed by atoms with E-state index < -0.39 is 23.6 Å². The van der Waals surface area contributed by atoms with Crippen molar-refractivity contribution >= 4 is 29.0 Å². The molecule has 2 heterocycles. The maximum atomic E-state index is 13.8. The van der Waals surface area contributed by atoms with Crippen molar-refractivity contribution in [2.24, 2.45) is 0 Å². The molecule has 0 unspecified atom stereocenters. The molecule has 4 aromatic rings. The van der Waals surface area contributed by atoms with Gasteiger partial charge in [-0.05, 0) is 48.5 Å². The van der Waals surface area contributed by atoms with Crippen LogP contribution in [0.25, 0.3) is 11.4 Å². The van der Waals surface area contributed by atoms with Gasteiger partial charge in [0, 0.05) is 17.4 Å². The Morgan fingerprint density at radius 2 is 1.55 bits per heavy atom. The Morgan fingerprint density at radius 1 is 0.903 bits per heavy atom. The molecule has 0 bridgehead atoms. The fraction of sp³-hybridized carbons (Fsp3) is 0.0476. The zero-order valence-electron chi connectivity index (χ0n) is 15.8. The molecule has 2 amide bonds. The van der Waals surface area contributed by atoms with Crippen LogP contribution in [0.15, 0.2) is 79.3 Å². The summed E-state index contributed by atoms with van der Waals surface area (Å²) in [6, 6.07) is 15.4. The van der Waals surface area contributed by atoms with Gasteiger partial charge in [0.15, 0.2) is 5.69 Å². The minimum absolute atomic E-state index is 0.156. The number of rotatable bonds is 4. The number of benzene rings is 2. The van der Waals surface area contributed by atoms with Gasteiger partial charge in [-0.1, -0.05) is 23.7 Å². The molecule has 6 nitrogen and oxygen atoms in total. The molecule has 31 heavy (non-hydrogen) atoms. The molecule has 2 aromatic heterocycles. The van der Waals surface area contributed by atoms with E-state index in [-0.39, 0.29) is 5.69 Å². The fourth-order valence-electron chi connectivity index (χ4n) is 3.07. The van der Waals surface area contributed by atoms with Crippen LogP contribution in [0.4, 0.5) is 29.3 Å². The highest BCUT2D eigenvalue weighted by atomic mass is 35.5. The van der Waals surface area contributed by atoms with E-state index in [0.717, 1.165) is 6.20 Å². The number of carbonyl (C=O) groups excluding carboxylic acids is 1. The summed E-state index contributed by atoms with van der Waals surface area (Å²) >= 11 is 5.81. The first-order valence-corrected chi connectivity index (χ1v) is 9.42. The molecular formula is C21H15ClF3N5O. The molecule has 10 heteroatoms. The number of urea groups is 1. The number of alkyl halides is 3. The van der Waals surface area contributed by atoms with E-state index >= 15 is 0 Å². The highest BCUT2D eigenvalue weighted by Gasteiger charge is 2.39. The van der Waals surface area contributed by atoms with Gasteiger partial charge in [0.1, 0.15) is 0 Å². The first-order chi connectivity index (χ1) is 14.8. The summed E-state index contributed by atoms with van der Waals surface area (Å²) in [5, 5.41) is 9.03. The quantitative estimate of drug-likeness (QED) is 0.406. The second-order valence-electron chi connectivity index (χ2n) is 6.48. The number of nitrogens with one attached hydrogen (secondary N) is 2. The van der Waals surface area contributed by atoms with Crippen molar-refractivity contribution in [3.8, 4) is 11.4 Å². The van der Waals surface area contributed by atoms with Gasteiger partial charge >= 0.3 is 12.2 Å². The lowest BCUT2D eigenvalue weighted by molar-refractivity contribution is -0.142. The highest BCUT2D eigenvalue weighted by Crippen LogP contribution is 2.36. The average Bonchev–Trinajstić information content (AvgIpc) is 3.39. The third kappa shape index (κ3) is 4.41. The Hall–Kier alpha value is -3.72. The van der Waals surface area contributed by atoms with E-state index in [1.54, 1.807) is 41.2 Å². The van der Waals surface area contributed by atoms with E-state index in [4.69, 9.17) is 11.6 Å². The minimum Gasteiger partial charge on any atom is -0.322 e. The van der Waals surface area contributed by atoms with Gasteiger partial charge in [0.2, 0.25) is 0 Å². The molecule has 0 fully saturated rings. The summed E-state index contributed by atoms with van der Waals surface area (Å²) in [7, 11) is 0. The number of amides is 2. The van der Waals surface area contributed by atoms with Gasteiger partial charge in [0.25, 0.3) is 0 Å². The second kappa shape index (κ2) is 8.19. The molecule has 2 N–H and O–H groups in total. The molecule has 0 saturated carbocycles. The van der Waals surface area contributed by atoms with Gasteiger partial charge in [-0.25, -0.2) is 9.48 Å². The maximum absolute atomic E-state index is 13.8. The van der Waals surface area contributed by atoms with E-state index in [9.17, 15) is 18.0 Å². The van der Waals surface area contributed by atoms with Gasteiger partial charge < -0.3 is 15.2 Å². The van der Waals surface area contributed by atoms with Crippen LogP contribution in [0, 0.1) is 0 Å². The zero-order valence-corrected chi connectivity index (χ0v) is 16.5. The molecule has 0 aliphatic carbocycles. The number of halogens is 4. The first-order valence-electron chi connectivity index (χ1n) is 9.04. The van der Waals surface area contributed by atoms with Crippen molar-refractivity contribution in [1.29, 1.82) is 0 Å². The predicted octanol–water partition coefficient (Wildman–Crippen LogP) is 5.98. The normalized spacial score (nSPS) is 11.4. The van der Waals surface area contributed by atoms with Gasteiger partial charge in [-0.15, -0.1) is 0 Å². The topological polar surface area (TPSA) is 63.9 Å². The molecule has 0 atom stereocenters. The molecule has 0 radical (unpaired) electrons. The minimum atomic E-state index is -4.76. The Kier molecular flexibility index (Phi) is 5.43. The van der Waals surface area contributed by atoms with Gasteiger partial charge in [0.05, 0.1) is 28.9 Å².